The topological polar surface area (TPSA) is 56.7 Å². The van der Waals surface area contributed by atoms with Crippen LogP contribution in [0.2, 0.25) is 0 Å². The van der Waals surface area contributed by atoms with E-state index >= 15 is 0 Å². The van der Waals surface area contributed by atoms with Gasteiger partial charge in [-0.15, -0.1) is 24.0 Å². The molecule has 2 aliphatic rings. The van der Waals surface area contributed by atoms with E-state index in [1.165, 1.54) is 30.5 Å². The van der Waals surface area contributed by atoms with Gasteiger partial charge >= 0.3 is 0 Å². The summed E-state index contributed by atoms with van der Waals surface area (Å²) in [6.07, 6.45) is 6.99. The monoisotopic (exact) mass is 442 g/mol. The first-order chi connectivity index (χ1) is 11.3. The van der Waals surface area contributed by atoms with Gasteiger partial charge in [-0.25, -0.2) is 0 Å². The minimum absolute atomic E-state index is 0. The molecule has 132 valence electrons. The molecule has 0 bridgehead atoms. The smallest absolute Gasteiger partial charge is 0.239 e. The molecule has 0 unspecified atom stereocenters. The lowest BCUT2D eigenvalue weighted by atomic mass is 9.95. The number of carbonyl (C=O) groups excluding carboxylic acids is 1. The lowest BCUT2D eigenvalue weighted by Crippen LogP contribution is -2.47. The summed E-state index contributed by atoms with van der Waals surface area (Å²) in [6, 6.07) is 8.72. The maximum atomic E-state index is 12.1. The Kier molecular flexibility index (Phi) is 7.33. The van der Waals surface area contributed by atoms with E-state index in [0.717, 1.165) is 31.8 Å². The molecular formula is C18H27IN4O. The van der Waals surface area contributed by atoms with Crippen LogP contribution < -0.4 is 15.5 Å². The van der Waals surface area contributed by atoms with Crippen molar-refractivity contribution < 1.29 is 4.79 Å². The van der Waals surface area contributed by atoms with Crippen molar-refractivity contribution in [2.75, 3.05) is 25.0 Å². The van der Waals surface area contributed by atoms with Crippen molar-refractivity contribution >= 4 is 41.5 Å². The molecule has 1 aliphatic carbocycles. The van der Waals surface area contributed by atoms with Crippen LogP contribution in [0.25, 0.3) is 0 Å². The molecule has 1 fully saturated rings. The number of rotatable bonds is 3. The lowest BCUT2D eigenvalue weighted by molar-refractivity contribution is -0.120. The Morgan fingerprint density at radius 3 is 2.75 bits per heavy atom. The maximum Gasteiger partial charge on any atom is 0.239 e. The van der Waals surface area contributed by atoms with Gasteiger partial charge in [0.15, 0.2) is 5.96 Å². The molecule has 1 aliphatic heterocycles. The number of aliphatic imine (C=N–C) groups is 1. The summed E-state index contributed by atoms with van der Waals surface area (Å²) in [6.45, 7) is 1.19. The van der Waals surface area contributed by atoms with Crippen molar-refractivity contribution in [1.82, 2.24) is 10.6 Å². The predicted octanol–water partition coefficient (Wildman–Crippen LogP) is 2.69. The number of para-hydroxylation sites is 1. The summed E-state index contributed by atoms with van der Waals surface area (Å²) < 4.78 is 0. The molecule has 3 rings (SSSR count). The molecule has 1 aromatic rings. The number of anilines is 1. The number of fused-ring (bicyclic) bond motifs is 1. The van der Waals surface area contributed by atoms with Gasteiger partial charge in [-0.3, -0.25) is 9.79 Å². The molecule has 1 amide bonds. The number of benzene rings is 1. The van der Waals surface area contributed by atoms with E-state index in [1.54, 1.807) is 7.05 Å². The second-order valence-electron chi connectivity index (χ2n) is 6.33. The molecule has 0 aromatic heterocycles. The molecule has 0 saturated heterocycles. The van der Waals surface area contributed by atoms with Crippen LogP contribution >= 0.6 is 24.0 Å². The number of hydrogen-bond acceptors (Lipinski definition) is 2. The summed E-state index contributed by atoms with van der Waals surface area (Å²) in [5.74, 6) is 0.833. The third-order valence-electron chi connectivity index (χ3n) is 4.73. The number of nitrogens with zero attached hydrogens (tertiary/aromatic N) is 2. The van der Waals surface area contributed by atoms with Gasteiger partial charge in [0.25, 0.3) is 0 Å². The van der Waals surface area contributed by atoms with Crippen LogP contribution in [0.3, 0.4) is 0 Å². The van der Waals surface area contributed by atoms with Gasteiger partial charge in [-0.1, -0.05) is 37.5 Å². The summed E-state index contributed by atoms with van der Waals surface area (Å²) >= 11 is 0. The fourth-order valence-corrected chi connectivity index (χ4v) is 3.54. The highest BCUT2D eigenvalue weighted by Gasteiger charge is 2.23. The molecule has 2 N–H and O–H groups in total. The van der Waals surface area contributed by atoms with E-state index in [0.29, 0.717) is 6.04 Å². The quantitative estimate of drug-likeness (QED) is 0.430. The summed E-state index contributed by atoms with van der Waals surface area (Å²) in [4.78, 5) is 18.6. The first-order valence-corrected chi connectivity index (χ1v) is 8.63. The zero-order valence-electron chi connectivity index (χ0n) is 14.3. The van der Waals surface area contributed by atoms with Crippen molar-refractivity contribution in [2.24, 2.45) is 4.99 Å². The number of amides is 1. The molecule has 0 atom stereocenters. The average molecular weight is 442 g/mol. The van der Waals surface area contributed by atoms with Gasteiger partial charge in [0.1, 0.15) is 0 Å². The highest BCUT2D eigenvalue weighted by molar-refractivity contribution is 14.0. The fraction of sp³-hybridized carbons (Fsp3) is 0.556. The van der Waals surface area contributed by atoms with Crippen molar-refractivity contribution in [3.8, 4) is 0 Å². The Hall–Kier alpha value is -1.31. The van der Waals surface area contributed by atoms with Crippen molar-refractivity contribution in [3.63, 3.8) is 0 Å². The number of guanidine groups is 1. The minimum Gasteiger partial charge on any atom is -0.352 e. The summed E-state index contributed by atoms with van der Waals surface area (Å²) in [5, 5.41) is 6.34. The number of hydrogen-bond donors (Lipinski definition) is 2. The Bertz CT molecular complexity index is 584. The first-order valence-electron chi connectivity index (χ1n) is 8.63. The number of carbonyl (C=O) groups is 1. The lowest BCUT2D eigenvalue weighted by Gasteiger charge is -2.24. The third kappa shape index (κ3) is 4.62. The molecule has 6 heteroatoms. The van der Waals surface area contributed by atoms with Gasteiger partial charge in [0, 0.05) is 25.3 Å². The normalized spacial score (nSPS) is 17.9. The van der Waals surface area contributed by atoms with Crippen LogP contribution in [-0.4, -0.2) is 38.0 Å². The van der Waals surface area contributed by atoms with Crippen molar-refractivity contribution in [3.05, 3.63) is 29.8 Å². The van der Waals surface area contributed by atoms with Crippen molar-refractivity contribution in [1.29, 1.82) is 0 Å². The van der Waals surface area contributed by atoms with Gasteiger partial charge in [0.2, 0.25) is 5.91 Å². The van der Waals surface area contributed by atoms with Gasteiger partial charge in [-0.05, 0) is 30.9 Å². The fourth-order valence-electron chi connectivity index (χ4n) is 3.54. The number of halogens is 1. The molecule has 5 nitrogen and oxygen atoms in total. The Morgan fingerprint density at radius 2 is 2.00 bits per heavy atom. The maximum absolute atomic E-state index is 12.1. The Balaban J connectivity index is 0.00000208. The molecule has 0 spiro atoms. The van der Waals surface area contributed by atoms with Crippen LogP contribution in [0.5, 0.6) is 0 Å². The minimum atomic E-state index is 0. The van der Waals surface area contributed by atoms with Gasteiger partial charge in [-0.2, -0.15) is 0 Å². The molecule has 24 heavy (non-hydrogen) atoms. The van der Waals surface area contributed by atoms with E-state index in [9.17, 15) is 4.79 Å². The second kappa shape index (κ2) is 9.25. The standard InChI is InChI=1S/C18H26N4O.HI/c1-19-18(22-12-11-14-7-5-6-10-16(14)22)20-13-17(23)21-15-8-3-2-4-9-15;/h5-7,10,15H,2-4,8-9,11-13H2,1H3,(H,19,20)(H,21,23);1H. The first kappa shape index (κ1) is 19.0. The molecule has 1 aromatic carbocycles. The zero-order chi connectivity index (χ0) is 16.1. The SMILES string of the molecule is CN=C(NCC(=O)NC1CCCCC1)N1CCc2ccccc21.I. The van der Waals surface area contributed by atoms with Crippen LogP contribution in [-0.2, 0) is 11.2 Å². The summed E-state index contributed by atoms with van der Waals surface area (Å²) in [5.41, 5.74) is 2.52. The molecular weight excluding hydrogens is 415 g/mol. The second-order valence-corrected chi connectivity index (χ2v) is 6.33. The van der Waals surface area contributed by atoms with Crippen LogP contribution in [0.15, 0.2) is 29.3 Å². The molecule has 0 radical (unpaired) electrons. The summed E-state index contributed by atoms with van der Waals surface area (Å²) in [7, 11) is 1.77. The predicted molar refractivity (Wildman–Crippen MR) is 109 cm³/mol. The highest BCUT2D eigenvalue weighted by atomic mass is 127. The Morgan fingerprint density at radius 1 is 1.25 bits per heavy atom. The highest BCUT2D eigenvalue weighted by Crippen LogP contribution is 2.27. The third-order valence-corrected chi connectivity index (χ3v) is 4.73. The Labute approximate surface area is 161 Å². The molecule has 1 saturated carbocycles. The van der Waals surface area contributed by atoms with Crippen molar-refractivity contribution in [2.45, 2.75) is 44.6 Å². The largest absolute Gasteiger partial charge is 0.352 e. The van der Waals surface area contributed by atoms with E-state index in [4.69, 9.17) is 0 Å². The van der Waals surface area contributed by atoms with E-state index in [2.05, 4.69) is 38.7 Å². The van der Waals surface area contributed by atoms with E-state index < -0.39 is 0 Å². The van der Waals surface area contributed by atoms with Crippen LogP contribution in [0, 0.1) is 0 Å². The number of nitrogens with one attached hydrogen (secondary N) is 2. The molecule has 1 heterocycles. The van der Waals surface area contributed by atoms with E-state index in [1.807, 2.05) is 6.07 Å². The van der Waals surface area contributed by atoms with Crippen LogP contribution in [0.1, 0.15) is 37.7 Å². The van der Waals surface area contributed by atoms with Gasteiger partial charge < -0.3 is 15.5 Å². The van der Waals surface area contributed by atoms with Crippen LogP contribution in [0.4, 0.5) is 5.69 Å². The zero-order valence-corrected chi connectivity index (χ0v) is 16.6. The van der Waals surface area contributed by atoms with Gasteiger partial charge in [0.05, 0.1) is 6.54 Å². The average Bonchev–Trinajstić information content (AvgIpc) is 3.01. The van der Waals surface area contributed by atoms with E-state index in [-0.39, 0.29) is 36.4 Å².